The Hall–Kier alpha value is -3.39. The molecule has 0 saturated heterocycles. The molecule has 0 spiro atoms. The van der Waals surface area contributed by atoms with Gasteiger partial charge in [-0.05, 0) is 30.3 Å². The molecule has 4 heterocycles. The van der Waals surface area contributed by atoms with Crippen molar-refractivity contribution >= 4 is 5.91 Å². The minimum absolute atomic E-state index is 0.0276. The highest BCUT2D eigenvalue weighted by molar-refractivity contribution is 5.78. The largest absolute Gasteiger partial charge is 0.454 e. The smallest absolute Gasteiger partial charge is 0.234 e. The Labute approximate surface area is 167 Å². The highest BCUT2D eigenvalue weighted by atomic mass is 16.7. The van der Waals surface area contributed by atoms with E-state index in [4.69, 9.17) is 14.0 Å². The van der Waals surface area contributed by atoms with Gasteiger partial charge in [-0.15, -0.1) is 0 Å². The van der Waals surface area contributed by atoms with Gasteiger partial charge in [0.15, 0.2) is 11.5 Å². The topological polar surface area (TPSA) is 89.7 Å². The minimum atomic E-state index is -0.0276. The molecule has 0 bridgehead atoms. The molecule has 0 radical (unpaired) electrons. The summed E-state index contributed by atoms with van der Waals surface area (Å²) < 4.78 is 16.4. The number of aromatic nitrogens is 2. The SMILES string of the molecule is O=C(CN1CCc2onc(-c3ccc4c(c3)OCO4)c2C1)NCc1ccccn1. The molecule has 2 aliphatic rings. The van der Waals surface area contributed by atoms with Crippen molar-refractivity contribution < 1.29 is 18.8 Å². The average molecular weight is 392 g/mol. The minimum Gasteiger partial charge on any atom is -0.454 e. The Morgan fingerprint density at radius 1 is 1.17 bits per heavy atom. The highest BCUT2D eigenvalue weighted by Gasteiger charge is 2.27. The van der Waals surface area contributed by atoms with Gasteiger partial charge < -0.3 is 19.3 Å². The van der Waals surface area contributed by atoms with Crippen LogP contribution in [0.3, 0.4) is 0 Å². The maximum atomic E-state index is 12.4. The Morgan fingerprint density at radius 2 is 2.10 bits per heavy atom. The first kappa shape index (κ1) is 17.7. The monoisotopic (exact) mass is 392 g/mol. The lowest BCUT2D eigenvalue weighted by molar-refractivity contribution is -0.122. The number of amides is 1. The zero-order valence-corrected chi connectivity index (χ0v) is 15.8. The van der Waals surface area contributed by atoms with E-state index in [0.717, 1.165) is 47.0 Å². The van der Waals surface area contributed by atoms with Crippen molar-refractivity contribution in [1.82, 2.24) is 20.4 Å². The fourth-order valence-corrected chi connectivity index (χ4v) is 3.62. The van der Waals surface area contributed by atoms with E-state index in [1.54, 1.807) is 6.20 Å². The van der Waals surface area contributed by atoms with Crippen LogP contribution in [0.2, 0.25) is 0 Å². The van der Waals surface area contributed by atoms with Crippen LogP contribution in [0.25, 0.3) is 11.3 Å². The van der Waals surface area contributed by atoms with Gasteiger partial charge in [-0.3, -0.25) is 14.7 Å². The number of nitrogens with one attached hydrogen (secondary N) is 1. The van der Waals surface area contributed by atoms with Crippen molar-refractivity contribution in [2.45, 2.75) is 19.5 Å². The molecule has 5 rings (SSSR count). The number of benzene rings is 1. The van der Waals surface area contributed by atoms with Crippen LogP contribution < -0.4 is 14.8 Å². The molecule has 2 aromatic heterocycles. The number of fused-ring (bicyclic) bond motifs is 2. The first-order chi connectivity index (χ1) is 14.3. The van der Waals surface area contributed by atoms with Crippen molar-refractivity contribution in [3.05, 3.63) is 59.6 Å². The fraction of sp³-hybridized carbons (Fsp3) is 0.286. The number of carbonyl (C=O) groups is 1. The van der Waals surface area contributed by atoms with Crippen LogP contribution in [0.15, 0.2) is 47.1 Å². The Kier molecular flexibility index (Phi) is 4.61. The Bertz CT molecular complexity index is 1030. The molecule has 148 valence electrons. The van der Waals surface area contributed by atoms with Gasteiger partial charge >= 0.3 is 0 Å². The summed E-state index contributed by atoms with van der Waals surface area (Å²) in [5, 5.41) is 7.20. The van der Waals surface area contributed by atoms with Crippen molar-refractivity contribution in [1.29, 1.82) is 0 Å². The van der Waals surface area contributed by atoms with Crippen molar-refractivity contribution in [2.75, 3.05) is 19.9 Å². The number of hydrogen-bond acceptors (Lipinski definition) is 7. The van der Waals surface area contributed by atoms with Crippen molar-refractivity contribution in [3.63, 3.8) is 0 Å². The summed E-state index contributed by atoms with van der Waals surface area (Å²) in [5.74, 6) is 2.29. The van der Waals surface area contributed by atoms with Crippen molar-refractivity contribution in [3.8, 4) is 22.8 Å². The van der Waals surface area contributed by atoms with E-state index >= 15 is 0 Å². The van der Waals surface area contributed by atoms with Crippen molar-refractivity contribution in [2.24, 2.45) is 0 Å². The van der Waals surface area contributed by atoms with Crippen LogP contribution >= 0.6 is 0 Å². The van der Waals surface area contributed by atoms with Gasteiger partial charge in [0, 0.05) is 36.8 Å². The quantitative estimate of drug-likeness (QED) is 0.711. The van der Waals surface area contributed by atoms with Crippen LogP contribution in [-0.2, 0) is 24.3 Å². The van der Waals surface area contributed by atoms with Crippen LogP contribution in [0.1, 0.15) is 17.0 Å². The lowest BCUT2D eigenvalue weighted by Crippen LogP contribution is -2.39. The second-order valence-electron chi connectivity index (χ2n) is 7.06. The van der Waals surface area contributed by atoms with Gasteiger partial charge in [-0.25, -0.2) is 0 Å². The van der Waals surface area contributed by atoms with E-state index in [0.29, 0.717) is 25.4 Å². The summed E-state index contributed by atoms with van der Waals surface area (Å²) in [4.78, 5) is 18.7. The molecular weight excluding hydrogens is 372 g/mol. The third-order valence-corrected chi connectivity index (χ3v) is 5.11. The Morgan fingerprint density at radius 3 is 3.00 bits per heavy atom. The molecule has 0 atom stereocenters. The second-order valence-corrected chi connectivity index (χ2v) is 7.06. The fourth-order valence-electron chi connectivity index (χ4n) is 3.62. The molecule has 0 unspecified atom stereocenters. The van der Waals surface area contributed by atoms with Gasteiger partial charge in [0.25, 0.3) is 0 Å². The molecule has 0 fully saturated rings. The standard InChI is InChI=1S/C21H20N4O4/c26-20(23-10-15-3-1-2-7-22-15)12-25-8-6-17-16(11-25)21(24-29-17)14-4-5-18-19(9-14)28-13-27-18/h1-5,7,9H,6,8,10-13H2,(H,23,26). The first-order valence-corrected chi connectivity index (χ1v) is 9.52. The summed E-state index contributed by atoms with van der Waals surface area (Å²) in [6, 6.07) is 11.4. The van der Waals surface area contributed by atoms with Gasteiger partial charge in [0.2, 0.25) is 12.7 Å². The van der Waals surface area contributed by atoms with E-state index in [2.05, 4.69) is 20.4 Å². The molecule has 0 saturated carbocycles. The number of rotatable bonds is 5. The first-order valence-electron chi connectivity index (χ1n) is 9.52. The van der Waals surface area contributed by atoms with Crippen LogP contribution in [0, 0.1) is 0 Å². The number of nitrogens with zero attached hydrogens (tertiary/aromatic N) is 3. The lowest BCUT2D eigenvalue weighted by atomic mass is 10.0. The van der Waals surface area contributed by atoms with E-state index in [9.17, 15) is 4.79 Å². The lowest BCUT2D eigenvalue weighted by Gasteiger charge is -2.25. The predicted molar refractivity (Wildman–Crippen MR) is 103 cm³/mol. The molecule has 3 aromatic rings. The maximum Gasteiger partial charge on any atom is 0.234 e. The van der Waals surface area contributed by atoms with E-state index in [-0.39, 0.29) is 12.7 Å². The predicted octanol–water partition coefficient (Wildman–Crippen LogP) is 2.14. The molecule has 8 heteroatoms. The van der Waals surface area contributed by atoms with E-state index in [1.165, 1.54) is 0 Å². The molecule has 29 heavy (non-hydrogen) atoms. The number of carbonyl (C=O) groups excluding carboxylic acids is 1. The third-order valence-electron chi connectivity index (χ3n) is 5.11. The summed E-state index contributed by atoms with van der Waals surface area (Å²) in [6.07, 6.45) is 2.44. The zero-order valence-electron chi connectivity index (χ0n) is 15.8. The third kappa shape index (κ3) is 3.66. The maximum absolute atomic E-state index is 12.4. The second kappa shape index (κ2) is 7.56. The number of pyridine rings is 1. The summed E-state index contributed by atoms with van der Waals surface area (Å²) in [6.45, 7) is 2.34. The number of ether oxygens (including phenoxy) is 2. The summed E-state index contributed by atoms with van der Waals surface area (Å²) in [7, 11) is 0. The summed E-state index contributed by atoms with van der Waals surface area (Å²) >= 11 is 0. The number of hydrogen-bond donors (Lipinski definition) is 1. The molecule has 1 amide bonds. The Balaban J connectivity index is 1.26. The van der Waals surface area contributed by atoms with Gasteiger partial charge in [-0.2, -0.15) is 0 Å². The molecular formula is C21H20N4O4. The highest BCUT2D eigenvalue weighted by Crippen LogP contribution is 2.37. The molecule has 8 nitrogen and oxygen atoms in total. The van der Waals surface area contributed by atoms with Gasteiger partial charge in [0.1, 0.15) is 11.5 Å². The van der Waals surface area contributed by atoms with E-state index in [1.807, 2.05) is 36.4 Å². The zero-order chi connectivity index (χ0) is 19.6. The average Bonchev–Trinajstić information content (AvgIpc) is 3.39. The normalized spacial score (nSPS) is 15.2. The van der Waals surface area contributed by atoms with Crippen LogP contribution in [-0.4, -0.2) is 40.8 Å². The van der Waals surface area contributed by atoms with Gasteiger partial charge in [-0.1, -0.05) is 11.2 Å². The molecule has 1 aromatic carbocycles. The summed E-state index contributed by atoms with van der Waals surface area (Å²) in [5.41, 5.74) is 3.57. The molecule has 0 aliphatic carbocycles. The van der Waals surface area contributed by atoms with Crippen LogP contribution in [0.5, 0.6) is 11.5 Å². The van der Waals surface area contributed by atoms with Crippen LogP contribution in [0.4, 0.5) is 0 Å². The van der Waals surface area contributed by atoms with Gasteiger partial charge in [0.05, 0.1) is 18.8 Å². The molecule has 2 aliphatic heterocycles. The van der Waals surface area contributed by atoms with E-state index < -0.39 is 0 Å². The molecule has 1 N–H and O–H groups in total.